The summed E-state index contributed by atoms with van der Waals surface area (Å²) in [6.45, 7) is 2.61. The van der Waals surface area contributed by atoms with E-state index in [1.54, 1.807) is 0 Å². The molecule has 0 saturated heterocycles. The summed E-state index contributed by atoms with van der Waals surface area (Å²) in [5.74, 6) is 0. The second-order valence-corrected chi connectivity index (χ2v) is 2.88. The van der Waals surface area contributed by atoms with Crippen molar-refractivity contribution in [2.45, 2.75) is 13.3 Å². The van der Waals surface area contributed by atoms with Crippen molar-refractivity contribution in [3.63, 3.8) is 0 Å². The second-order valence-electron chi connectivity index (χ2n) is 2.50. The van der Waals surface area contributed by atoms with E-state index in [1.165, 1.54) is 0 Å². The summed E-state index contributed by atoms with van der Waals surface area (Å²) in [7, 11) is 0. The third kappa shape index (κ3) is 2.48. The SMILES string of the molecule is Cc1cc(Cl)nc(CCN)c1. The molecule has 0 atom stereocenters. The van der Waals surface area contributed by atoms with E-state index < -0.39 is 0 Å². The van der Waals surface area contributed by atoms with Crippen LogP contribution in [-0.4, -0.2) is 11.5 Å². The molecule has 0 fully saturated rings. The quantitative estimate of drug-likeness (QED) is 0.684. The standard InChI is InChI=1S/C8H11ClN2/c1-6-4-7(2-3-10)11-8(9)5-6/h4-5H,2-3,10H2,1H3. The molecule has 60 valence electrons. The molecule has 0 spiro atoms. The van der Waals surface area contributed by atoms with Crippen LogP contribution in [0.3, 0.4) is 0 Å². The molecule has 0 aliphatic heterocycles. The van der Waals surface area contributed by atoms with E-state index in [1.807, 2.05) is 19.1 Å². The van der Waals surface area contributed by atoms with E-state index in [2.05, 4.69) is 4.98 Å². The minimum Gasteiger partial charge on any atom is -0.330 e. The van der Waals surface area contributed by atoms with Gasteiger partial charge in [0.15, 0.2) is 0 Å². The number of nitrogens with zero attached hydrogens (tertiary/aromatic N) is 1. The van der Waals surface area contributed by atoms with Crippen molar-refractivity contribution in [2.24, 2.45) is 5.73 Å². The Morgan fingerprint density at radius 3 is 2.82 bits per heavy atom. The molecule has 1 aromatic heterocycles. The van der Waals surface area contributed by atoms with E-state index in [0.717, 1.165) is 17.7 Å². The third-order valence-corrected chi connectivity index (χ3v) is 1.59. The molecular weight excluding hydrogens is 160 g/mol. The lowest BCUT2D eigenvalue weighted by molar-refractivity contribution is 0.920. The third-order valence-electron chi connectivity index (χ3n) is 1.39. The van der Waals surface area contributed by atoms with E-state index in [4.69, 9.17) is 17.3 Å². The number of aryl methyl sites for hydroxylation is 1. The van der Waals surface area contributed by atoms with Gasteiger partial charge in [0, 0.05) is 12.1 Å². The lowest BCUT2D eigenvalue weighted by atomic mass is 10.2. The maximum absolute atomic E-state index is 5.73. The second kappa shape index (κ2) is 3.69. The predicted molar refractivity (Wildman–Crippen MR) is 46.7 cm³/mol. The van der Waals surface area contributed by atoms with Gasteiger partial charge in [-0.1, -0.05) is 11.6 Å². The van der Waals surface area contributed by atoms with E-state index >= 15 is 0 Å². The first-order valence-corrected chi connectivity index (χ1v) is 3.93. The number of nitrogens with two attached hydrogens (primary N) is 1. The topological polar surface area (TPSA) is 38.9 Å². The monoisotopic (exact) mass is 170 g/mol. The van der Waals surface area contributed by atoms with Crippen molar-refractivity contribution in [3.05, 3.63) is 28.5 Å². The van der Waals surface area contributed by atoms with Gasteiger partial charge in [-0.05, 0) is 31.2 Å². The molecule has 1 heterocycles. The first-order valence-electron chi connectivity index (χ1n) is 3.55. The fraction of sp³-hybridized carbons (Fsp3) is 0.375. The zero-order valence-corrected chi connectivity index (χ0v) is 7.23. The average Bonchev–Trinajstić information content (AvgIpc) is 1.85. The first kappa shape index (κ1) is 8.50. The zero-order chi connectivity index (χ0) is 8.27. The van der Waals surface area contributed by atoms with Crippen molar-refractivity contribution < 1.29 is 0 Å². The highest BCUT2D eigenvalue weighted by Crippen LogP contribution is 2.09. The number of rotatable bonds is 2. The lowest BCUT2D eigenvalue weighted by Gasteiger charge is -1.99. The van der Waals surface area contributed by atoms with Crippen LogP contribution >= 0.6 is 11.6 Å². The highest BCUT2D eigenvalue weighted by molar-refractivity contribution is 6.29. The molecular formula is C8H11ClN2. The van der Waals surface area contributed by atoms with Gasteiger partial charge in [-0.25, -0.2) is 4.98 Å². The van der Waals surface area contributed by atoms with Crippen molar-refractivity contribution in [3.8, 4) is 0 Å². The molecule has 0 unspecified atom stereocenters. The molecule has 0 saturated carbocycles. The Morgan fingerprint density at radius 2 is 2.27 bits per heavy atom. The number of hydrogen-bond donors (Lipinski definition) is 1. The molecule has 0 amide bonds. The number of pyridine rings is 1. The summed E-state index contributed by atoms with van der Waals surface area (Å²) in [5, 5.41) is 0.549. The Kier molecular flexibility index (Phi) is 2.85. The van der Waals surface area contributed by atoms with Gasteiger partial charge in [0.1, 0.15) is 5.15 Å². The van der Waals surface area contributed by atoms with E-state index in [-0.39, 0.29) is 0 Å². The smallest absolute Gasteiger partial charge is 0.129 e. The molecule has 1 aromatic rings. The van der Waals surface area contributed by atoms with Crippen molar-refractivity contribution in [1.29, 1.82) is 0 Å². The van der Waals surface area contributed by atoms with Crippen LogP contribution in [0.2, 0.25) is 5.15 Å². The fourth-order valence-corrected chi connectivity index (χ4v) is 1.25. The Hall–Kier alpha value is -0.600. The van der Waals surface area contributed by atoms with Gasteiger partial charge in [-0.2, -0.15) is 0 Å². The summed E-state index contributed by atoms with van der Waals surface area (Å²) in [5.41, 5.74) is 7.48. The van der Waals surface area contributed by atoms with Crippen LogP contribution in [0.1, 0.15) is 11.3 Å². The van der Waals surface area contributed by atoms with Crippen LogP contribution < -0.4 is 5.73 Å². The molecule has 0 aliphatic rings. The number of aromatic nitrogens is 1. The van der Waals surface area contributed by atoms with Gasteiger partial charge in [-0.3, -0.25) is 0 Å². The normalized spacial score (nSPS) is 10.1. The van der Waals surface area contributed by atoms with Crippen LogP contribution in [0, 0.1) is 6.92 Å². The predicted octanol–water partition coefficient (Wildman–Crippen LogP) is 1.54. The van der Waals surface area contributed by atoms with Crippen molar-refractivity contribution in [1.82, 2.24) is 4.98 Å². The number of halogens is 1. The van der Waals surface area contributed by atoms with Crippen LogP contribution in [0.25, 0.3) is 0 Å². The van der Waals surface area contributed by atoms with Gasteiger partial charge in [0.05, 0.1) is 0 Å². The van der Waals surface area contributed by atoms with Crippen molar-refractivity contribution in [2.75, 3.05) is 6.54 Å². The van der Waals surface area contributed by atoms with Crippen LogP contribution in [0.5, 0.6) is 0 Å². The first-order chi connectivity index (χ1) is 5.22. The molecule has 0 bridgehead atoms. The molecule has 0 aromatic carbocycles. The summed E-state index contributed by atoms with van der Waals surface area (Å²) in [4.78, 5) is 4.11. The summed E-state index contributed by atoms with van der Waals surface area (Å²) in [6.07, 6.45) is 0.793. The van der Waals surface area contributed by atoms with Gasteiger partial charge in [0.2, 0.25) is 0 Å². The maximum Gasteiger partial charge on any atom is 0.129 e. The Bertz CT molecular complexity index is 228. The lowest BCUT2D eigenvalue weighted by Crippen LogP contribution is -2.04. The minimum absolute atomic E-state index is 0.549. The molecule has 3 heteroatoms. The van der Waals surface area contributed by atoms with Gasteiger partial charge in [-0.15, -0.1) is 0 Å². The Morgan fingerprint density at radius 1 is 1.55 bits per heavy atom. The minimum atomic E-state index is 0.549. The zero-order valence-electron chi connectivity index (χ0n) is 6.47. The summed E-state index contributed by atoms with van der Waals surface area (Å²) in [6, 6.07) is 3.83. The van der Waals surface area contributed by atoms with Gasteiger partial charge < -0.3 is 5.73 Å². The van der Waals surface area contributed by atoms with Gasteiger partial charge in [0.25, 0.3) is 0 Å². The fourth-order valence-electron chi connectivity index (χ4n) is 0.970. The maximum atomic E-state index is 5.73. The average molecular weight is 171 g/mol. The summed E-state index contributed by atoms with van der Waals surface area (Å²) >= 11 is 5.73. The van der Waals surface area contributed by atoms with Crippen LogP contribution in [0.4, 0.5) is 0 Å². The molecule has 1 rings (SSSR count). The molecule has 0 aliphatic carbocycles. The highest BCUT2D eigenvalue weighted by atomic mass is 35.5. The van der Waals surface area contributed by atoms with Crippen LogP contribution in [0.15, 0.2) is 12.1 Å². The Balaban J connectivity index is 2.89. The van der Waals surface area contributed by atoms with E-state index in [9.17, 15) is 0 Å². The molecule has 11 heavy (non-hydrogen) atoms. The molecule has 2 nitrogen and oxygen atoms in total. The van der Waals surface area contributed by atoms with E-state index in [0.29, 0.717) is 11.7 Å². The largest absolute Gasteiger partial charge is 0.330 e. The molecule has 0 radical (unpaired) electrons. The summed E-state index contributed by atoms with van der Waals surface area (Å²) < 4.78 is 0. The number of hydrogen-bond acceptors (Lipinski definition) is 2. The van der Waals surface area contributed by atoms with Crippen molar-refractivity contribution >= 4 is 11.6 Å². The molecule has 2 N–H and O–H groups in total. The van der Waals surface area contributed by atoms with Crippen LogP contribution in [-0.2, 0) is 6.42 Å². The highest BCUT2D eigenvalue weighted by Gasteiger charge is 1.96. The Labute approximate surface area is 71.4 Å². The van der Waals surface area contributed by atoms with Gasteiger partial charge >= 0.3 is 0 Å².